The van der Waals surface area contributed by atoms with Crippen LogP contribution < -0.4 is 0 Å². The topological polar surface area (TPSA) is 46.6 Å². The van der Waals surface area contributed by atoms with Crippen molar-refractivity contribution >= 4 is 35.0 Å². The Kier molecular flexibility index (Phi) is 7.62. The third-order valence-electron chi connectivity index (χ3n) is 3.97. The van der Waals surface area contributed by atoms with Crippen molar-refractivity contribution in [1.29, 1.82) is 0 Å². The quantitative estimate of drug-likeness (QED) is 0.514. The highest BCUT2D eigenvalue weighted by Gasteiger charge is 2.42. The lowest BCUT2D eigenvalue weighted by Crippen LogP contribution is -2.47. The number of nitrogens with zero attached hydrogens (tertiary/aromatic N) is 1. The van der Waals surface area contributed by atoms with Gasteiger partial charge in [0.1, 0.15) is 6.04 Å². The number of hydrogen-bond acceptors (Lipinski definition) is 5. The lowest BCUT2D eigenvalue weighted by molar-refractivity contribution is -0.154. The Morgan fingerprint density at radius 2 is 2.21 bits per heavy atom. The van der Waals surface area contributed by atoms with E-state index in [0.717, 1.165) is 24.1 Å². The fourth-order valence-electron chi connectivity index (χ4n) is 2.73. The van der Waals surface area contributed by atoms with Gasteiger partial charge in [0, 0.05) is 10.6 Å². The molecule has 1 aliphatic heterocycles. The van der Waals surface area contributed by atoms with Gasteiger partial charge in [0.25, 0.3) is 0 Å². The van der Waals surface area contributed by atoms with Gasteiger partial charge < -0.3 is 9.64 Å². The molecule has 1 amide bonds. The number of ether oxygens (including phenoxy) is 1. The van der Waals surface area contributed by atoms with E-state index in [4.69, 9.17) is 4.74 Å². The van der Waals surface area contributed by atoms with Crippen molar-refractivity contribution in [2.45, 2.75) is 57.9 Å². The zero-order valence-electron chi connectivity index (χ0n) is 14.7. The van der Waals surface area contributed by atoms with E-state index in [1.165, 1.54) is 0 Å². The summed E-state index contributed by atoms with van der Waals surface area (Å²) in [7, 11) is 0. The average molecular weight is 370 g/mol. The molecule has 0 N–H and O–H groups in total. The number of carbonyl (C=O) groups is 2. The van der Waals surface area contributed by atoms with Gasteiger partial charge in [0.05, 0.1) is 18.4 Å². The van der Waals surface area contributed by atoms with Crippen LogP contribution in [0, 0.1) is 5.92 Å². The summed E-state index contributed by atoms with van der Waals surface area (Å²) in [6, 6.07) is 3.48. The third kappa shape index (κ3) is 5.24. The molecule has 1 fully saturated rings. The Balaban J connectivity index is 2.07. The molecule has 1 saturated heterocycles. The lowest BCUT2D eigenvalue weighted by Gasteiger charge is -2.29. The van der Waals surface area contributed by atoms with Crippen LogP contribution >= 0.6 is 23.1 Å². The monoisotopic (exact) mass is 369 g/mol. The molecule has 1 aromatic rings. The van der Waals surface area contributed by atoms with Crippen molar-refractivity contribution in [1.82, 2.24) is 4.90 Å². The fourth-order valence-corrected chi connectivity index (χ4v) is 5.07. The van der Waals surface area contributed by atoms with Crippen molar-refractivity contribution in [2.75, 3.05) is 12.4 Å². The van der Waals surface area contributed by atoms with Crippen LogP contribution in [0.3, 0.4) is 0 Å². The summed E-state index contributed by atoms with van der Waals surface area (Å²) < 4.78 is 5.39. The number of carbonyl (C=O) groups excluding carboxylic acids is 2. The lowest BCUT2D eigenvalue weighted by atomic mass is 10.1. The van der Waals surface area contributed by atoms with Crippen LogP contribution in [-0.4, -0.2) is 40.6 Å². The molecule has 0 radical (unpaired) electrons. The van der Waals surface area contributed by atoms with Crippen LogP contribution in [0.2, 0.25) is 0 Å². The SMILES string of the molecule is CCCCOC(=O)C1CSC(CC(C)C)N1C(=O)Cc1cccs1. The Morgan fingerprint density at radius 3 is 2.83 bits per heavy atom. The van der Waals surface area contributed by atoms with Crippen molar-refractivity contribution < 1.29 is 14.3 Å². The molecule has 2 unspecified atom stereocenters. The van der Waals surface area contributed by atoms with E-state index < -0.39 is 6.04 Å². The third-order valence-corrected chi connectivity index (χ3v) is 6.16. The number of rotatable bonds is 8. The van der Waals surface area contributed by atoms with Gasteiger partial charge in [-0.2, -0.15) is 0 Å². The van der Waals surface area contributed by atoms with Gasteiger partial charge in [-0.3, -0.25) is 4.79 Å². The largest absolute Gasteiger partial charge is 0.464 e. The molecule has 24 heavy (non-hydrogen) atoms. The molecule has 2 rings (SSSR count). The first kappa shape index (κ1) is 19.3. The van der Waals surface area contributed by atoms with E-state index in [2.05, 4.69) is 20.8 Å². The number of thioether (sulfide) groups is 1. The maximum absolute atomic E-state index is 12.9. The molecule has 1 aromatic heterocycles. The molecule has 0 aromatic carbocycles. The van der Waals surface area contributed by atoms with Crippen LogP contribution in [0.4, 0.5) is 0 Å². The van der Waals surface area contributed by atoms with Gasteiger partial charge >= 0.3 is 5.97 Å². The van der Waals surface area contributed by atoms with Crippen molar-refractivity contribution in [3.63, 3.8) is 0 Å². The van der Waals surface area contributed by atoms with E-state index in [9.17, 15) is 9.59 Å². The Hall–Kier alpha value is -1.01. The first-order chi connectivity index (χ1) is 11.5. The Morgan fingerprint density at radius 1 is 1.42 bits per heavy atom. The van der Waals surface area contributed by atoms with Gasteiger partial charge in [-0.05, 0) is 30.2 Å². The molecule has 134 valence electrons. The van der Waals surface area contributed by atoms with Gasteiger partial charge in [-0.1, -0.05) is 33.3 Å². The van der Waals surface area contributed by atoms with Gasteiger partial charge in [-0.25, -0.2) is 4.79 Å². The van der Waals surface area contributed by atoms with Crippen LogP contribution in [0.5, 0.6) is 0 Å². The average Bonchev–Trinajstić information content (AvgIpc) is 3.16. The molecule has 0 spiro atoms. The summed E-state index contributed by atoms with van der Waals surface area (Å²) in [6.07, 6.45) is 3.12. The number of thiophene rings is 1. The van der Waals surface area contributed by atoms with Gasteiger partial charge in [-0.15, -0.1) is 23.1 Å². The smallest absolute Gasteiger partial charge is 0.329 e. The first-order valence-corrected chi connectivity index (χ1v) is 10.6. The number of unbranched alkanes of at least 4 members (excludes halogenated alkanes) is 1. The second kappa shape index (κ2) is 9.47. The van der Waals surface area contributed by atoms with Gasteiger partial charge in [0.2, 0.25) is 5.91 Å². The zero-order valence-corrected chi connectivity index (χ0v) is 16.3. The molecule has 4 nitrogen and oxygen atoms in total. The highest BCUT2D eigenvalue weighted by Crippen LogP contribution is 2.34. The van der Waals surface area contributed by atoms with Crippen LogP contribution in [0.25, 0.3) is 0 Å². The van der Waals surface area contributed by atoms with Crippen LogP contribution in [-0.2, 0) is 20.7 Å². The molecule has 2 heterocycles. The summed E-state index contributed by atoms with van der Waals surface area (Å²) in [6.45, 7) is 6.80. The van der Waals surface area contributed by atoms with E-state index in [0.29, 0.717) is 24.7 Å². The minimum absolute atomic E-state index is 0.0329. The maximum atomic E-state index is 12.9. The second-order valence-electron chi connectivity index (χ2n) is 6.51. The van der Waals surface area contributed by atoms with Gasteiger partial charge in [0.15, 0.2) is 0 Å². The molecular weight excluding hydrogens is 342 g/mol. The van der Waals surface area contributed by atoms with E-state index in [-0.39, 0.29) is 17.3 Å². The predicted molar refractivity (Wildman–Crippen MR) is 100 cm³/mol. The minimum Gasteiger partial charge on any atom is -0.464 e. The number of esters is 1. The number of hydrogen-bond donors (Lipinski definition) is 0. The van der Waals surface area contributed by atoms with Crippen LogP contribution in [0.1, 0.15) is 44.9 Å². The summed E-state index contributed by atoms with van der Waals surface area (Å²) in [5.74, 6) is 0.903. The minimum atomic E-state index is -0.442. The van der Waals surface area contributed by atoms with E-state index >= 15 is 0 Å². The molecule has 1 aliphatic rings. The highest BCUT2D eigenvalue weighted by atomic mass is 32.2. The summed E-state index contributed by atoms with van der Waals surface area (Å²) >= 11 is 3.28. The van der Waals surface area contributed by atoms with Crippen molar-refractivity contribution in [2.24, 2.45) is 5.92 Å². The Bertz CT molecular complexity index is 530. The summed E-state index contributed by atoms with van der Waals surface area (Å²) in [5.41, 5.74) is 0. The van der Waals surface area contributed by atoms with E-state index in [1.807, 2.05) is 17.5 Å². The number of amides is 1. The second-order valence-corrected chi connectivity index (χ2v) is 8.75. The molecule has 6 heteroatoms. The molecule has 2 atom stereocenters. The summed E-state index contributed by atoms with van der Waals surface area (Å²) in [4.78, 5) is 28.1. The standard InChI is InChI=1S/C18H27NO3S2/c1-4-5-8-22-18(21)15-12-24-17(10-13(2)3)19(15)16(20)11-14-7-6-9-23-14/h6-7,9,13,15,17H,4-5,8,10-12H2,1-3H3. The normalized spacial score (nSPS) is 20.6. The highest BCUT2D eigenvalue weighted by molar-refractivity contribution is 8.00. The maximum Gasteiger partial charge on any atom is 0.329 e. The van der Waals surface area contributed by atoms with Crippen molar-refractivity contribution in [3.8, 4) is 0 Å². The summed E-state index contributed by atoms with van der Waals surface area (Å²) in [5, 5.41) is 2.05. The molecule has 0 saturated carbocycles. The van der Waals surface area contributed by atoms with Crippen molar-refractivity contribution in [3.05, 3.63) is 22.4 Å². The van der Waals surface area contributed by atoms with Crippen LogP contribution in [0.15, 0.2) is 17.5 Å². The molecule has 0 aliphatic carbocycles. The first-order valence-electron chi connectivity index (χ1n) is 8.64. The molecule has 0 bridgehead atoms. The Labute approximate surface area is 152 Å². The predicted octanol–water partition coefficient (Wildman–Crippen LogP) is 3.95. The molecular formula is C18H27NO3S2. The zero-order chi connectivity index (χ0) is 17.5. The fraction of sp³-hybridized carbons (Fsp3) is 0.667. The van der Waals surface area contributed by atoms with E-state index in [1.54, 1.807) is 28.0 Å².